The van der Waals surface area contributed by atoms with Gasteiger partial charge >= 0.3 is 0 Å². The third-order valence-corrected chi connectivity index (χ3v) is 4.65. The van der Waals surface area contributed by atoms with E-state index in [0.29, 0.717) is 6.54 Å². The molecule has 0 spiro atoms. The van der Waals surface area contributed by atoms with E-state index in [1.54, 1.807) is 0 Å². The highest BCUT2D eigenvalue weighted by atomic mass is 127. The van der Waals surface area contributed by atoms with Gasteiger partial charge in [0.1, 0.15) is 11.6 Å². The fourth-order valence-electron chi connectivity index (χ4n) is 3.08. The van der Waals surface area contributed by atoms with Gasteiger partial charge in [0.2, 0.25) is 0 Å². The molecule has 3 aromatic rings. The number of halogens is 2. The molecule has 2 aromatic carbocycles. The van der Waals surface area contributed by atoms with Crippen LogP contribution in [0.5, 0.6) is 0 Å². The third-order valence-electron chi connectivity index (χ3n) is 4.65. The second kappa shape index (κ2) is 12.3. The largest absolute Gasteiger partial charge is 0.357 e. The minimum atomic E-state index is -0.206. The Kier molecular flexibility index (Phi) is 9.79. The van der Waals surface area contributed by atoms with Crippen molar-refractivity contribution in [3.8, 4) is 0 Å². The average molecular weight is 521 g/mol. The average Bonchev–Trinajstić information content (AvgIpc) is 3.12. The monoisotopic (exact) mass is 521 g/mol. The van der Waals surface area contributed by atoms with Gasteiger partial charge in [-0.15, -0.1) is 24.0 Å². The molecule has 0 aliphatic rings. The summed E-state index contributed by atoms with van der Waals surface area (Å²) in [5, 5.41) is 6.62. The highest BCUT2D eigenvalue weighted by Crippen LogP contribution is 2.10. The van der Waals surface area contributed by atoms with E-state index in [1.807, 2.05) is 38.4 Å². The molecule has 1 heterocycles. The third kappa shape index (κ3) is 7.44. The second-order valence-corrected chi connectivity index (χ2v) is 6.92. The lowest BCUT2D eigenvalue weighted by Gasteiger charge is -2.12. The van der Waals surface area contributed by atoms with E-state index in [2.05, 4.69) is 44.5 Å². The summed E-state index contributed by atoms with van der Waals surface area (Å²) in [4.78, 5) is 8.98. The van der Waals surface area contributed by atoms with Gasteiger partial charge < -0.3 is 15.2 Å². The smallest absolute Gasteiger partial charge is 0.191 e. The maximum Gasteiger partial charge on any atom is 0.191 e. The van der Waals surface area contributed by atoms with Gasteiger partial charge in [-0.2, -0.15) is 0 Å². The zero-order valence-corrected chi connectivity index (χ0v) is 19.8. The number of aliphatic imine (C=N–C) groups is 1. The molecular formula is C23H29FIN5. The van der Waals surface area contributed by atoms with Crippen LogP contribution >= 0.6 is 24.0 Å². The van der Waals surface area contributed by atoms with Crippen molar-refractivity contribution in [2.45, 2.75) is 33.4 Å². The van der Waals surface area contributed by atoms with E-state index >= 15 is 0 Å². The van der Waals surface area contributed by atoms with Crippen molar-refractivity contribution < 1.29 is 4.39 Å². The predicted octanol–water partition coefficient (Wildman–Crippen LogP) is 4.29. The number of aryl methyl sites for hydroxylation is 1. The van der Waals surface area contributed by atoms with Crippen LogP contribution in [0.25, 0.3) is 0 Å². The van der Waals surface area contributed by atoms with Crippen molar-refractivity contribution in [2.24, 2.45) is 4.99 Å². The lowest BCUT2D eigenvalue weighted by atomic mass is 10.1. The fraction of sp³-hybridized carbons (Fsp3) is 0.304. The first kappa shape index (κ1) is 23.9. The molecule has 0 saturated heterocycles. The van der Waals surface area contributed by atoms with Gasteiger partial charge in [-0.3, -0.25) is 0 Å². The number of guanidine groups is 1. The molecule has 3 rings (SSSR count). The molecule has 0 saturated carbocycles. The van der Waals surface area contributed by atoms with Crippen molar-refractivity contribution >= 4 is 29.9 Å². The highest BCUT2D eigenvalue weighted by Gasteiger charge is 2.02. The standard InChI is InChI=1S/C23H28FN5.HI/c1-3-25-23(27-12-11-19-7-9-22(24)10-8-19)28-16-20-5-4-6-21(15-20)17-29-14-13-26-18(29)2;/h4-10,13-15H,3,11-12,16-17H2,1-2H3,(H2,25,27,28);1H. The molecule has 0 bridgehead atoms. The lowest BCUT2D eigenvalue weighted by Crippen LogP contribution is -2.38. The Labute approximate surface area is 194 Å². The van der Waals surface area contributed by atoms with Crippen molar-refractivity contribution in [1.82, 2.24) is 20.2 Å². The van der Waals surface area contributed by atoms with Crippen LogP contribution in [0.15, 0.2) is 65.9 Å². The van der Waals surface area contributed by atoms with Crippen LogP contribution in [-0.4, -0.2) is 28.6 Å². The van der Waals surface area contributed by atoms with Gasteiger partial charge in [-0.1, -0.05) is 36.4 Å². The van der Waals surface area contributed by atoms with Gasteiger partial charge in [0, 0.05) is 32.0 Å². The Morgan fingerprint density at radius 2 is 1.83 bits per heavy atom. The highest BCUT2D eigenvalue weighted by molar-refractivity contribution is 14.0. The molecular weight excluding hydrogens is 492 g/mol. The van der Waals surface area contributed by atoms with Crippen LogP contribution in [0.3, 0.4) is 0 Å². The maximum absolute atomic E-state index is 13.0. The minimum Gasteiger partial charge on any atom is -0.357 e. The Morgan fingerprint density at radius 1 is 1.07 bits per heavy atom. The van der Waals surface area contributed by atoms with Crippen LogP contribution in [0.1, 0.15) is 29.4 Å². The molecule has 0 unspecified atom stereocenters. The summed E-state index contributed by atoms with van der Waals surface area (Å²) in [6, 6.07) is 15.1. The summed E-state index contributed by atoms with van der Waals surface area (Å²) in [6.07, 6.45) is 4.63. The molecule has 160 valence electrons. The fourth-order valence-corrected chi connectivity index (χ4v) is 3.08. The van der Waals surface area contributed by atoms with Crippen LogP contribution in [-0.2, 0) is 19.5 Å². The number of hydrogen-bond acceptors (Lipinski definition) is 2. The van der Waals surface area contributed by atoms with Crippen molar-refractivity contribution in [2.75, 3.05) is 13.1 Å². The normalized spacial score (nSPS) is 11.1. The molecule has 7 heteroatoms. The van der Waals surface area contributed by atoms with Crippen LogP contribution in [0.2, 0.25) is 0 Å². The second-order valence-electron chi connectivity index (χ2n) is 6.92. The summed E-state index contributed by atoms with van der Waals surface area (Å²) in [6.45, 7) is 6.99. The topological polar surface area (TPSA) is 54.2 Å². The van der Waals surface area contributed by atoms with E-state index in [1.165, 1.54) is 17.7 Å². The first-order chi connectivity index (χ1) is 14.1. The Balaban J connectivity index is 0.00000320. The van der Waals surface area contributed by atoms with Gasteiger partial charge in [0.15, 0.2) is 5.96 Å². The van der Waals surface area contributed by atoms with E-state index in [0.717, 1.165) is 49.0 Å². The van der Waals surface area contributed by atoms with Crippen molar-refractivity contribution in [3.63, 3.8) is 0 Å². The number of hydrogen-bond donors (Lipinski definition) is 2. The molecule has 0 fully saturated rings. The number of nitrogens with one attached hydrogen (secondary N) is 2. The Hall–Kier alpha value is -2.42. The number of nitrogens with zero attached hydrogens (tertiary/aromatic N) is 3. The van der Waals surface area contributed by atoms with Crippen LogP contribution < -0.4 is 10.6 Å². The number of imidazole rings is 1. The van der Waals surface area contributed by atoms with E-state index < -0.39 is 0 Å². The summed E-state index contributed by atoms with van der Waals surface area (Å²) in [5.41, 5.74) is 3.49. The van der Waals surface area contributed by atoms with Crippen molar-refractivity contribution in [3.05, 3.63) is 89.3 Å². The molecule has 1 aromatic heterocycles. The summed E-state index contributed by atoms with van der Waals surface area (Å²) in [5.74, 6) is 1.58. The molecule has 0 aliphatic heterocycles. The zero-order chi connectivity index (χ0) is 20.5. The predicted molar refractivity (Wildman–Crippen MR) is 131 cm³/mol. The molecule has 2 N–H and O–H groups in total. The lowest BCUT2D eigenvalue weighted by molar-refractivity contribution is 0.626. The number of rotatable bonds is 8. The summed E-state index contributed by atoms with van der Waals surface area (Å²) < 4.78 is 15.1. The van der Waals surface area contributed by atoms with E-state index in [-0.39, 0.29) is 29.8 Å². The van der Waals surface area contributed by atoms with Gasteiger partial charge in [-0.25, -0.2) is 14.4 Å². The number of aromatic nitrogens is 2. The summed E-state index contributed by atoms with van der Waals surface area (Å²) >= 11 is 0. The van der Waals surface area contributed by atoms with E-state index in [9.17, 15) is 4.39 Å². The Morgan fingerprint density at radius 3 is 2.53 bits per heavy atom. The molecule has 0 aliphatic carbocycles. The number of benzene rings is 2. The van der Waals surface area contributed by atoms with Crippen LogP contribution in [0.4, 0.5) is 4.39 Å². The van der Waals surface area contributed by atoms with Gasteiger partial charge in [0.25, 0.3) is 0 Å². The van der Waals surface area contributed by atoms with Gasteiger partial charge in [-0.05, 0) is 49.1 Å². The summed E-state index contributed by atoms with van der Waals surface area (Å²) in [7, 11) is 0. The molecule has 0 amide bonds. The molecule has 30 heavy (non-hydrogen) atoms. The molecule has 0 radical (unpaired) electrons. The maximum atomic E-state index is 13.0. The SMILES string of the molecule is CCNC(=NCc1cccc(Cn2ccnc2C)c1)NCCc1ccc(F)cc1.I. The van der Waals surface area contributed by atoms with E-state index in [4.69, 9.17) is 4.99 Å². The first-order valence-corrected chi connectivity index (χ1v) is 9.96. The first-order valence-electron chi connectivity index (χ1n) is 9.96. The van der Waals surface area contributed by atoms with Crippen LogP contribution in [0, 0.1) is 12.7 Å². The zero-order valence-electron chi connectivity index (χ0n) is 17.4. The van der Waals surface area contributed by atoms with Crippen molar-refractivity contribution in [1.29, 1.82) is 0 Å². The Bertz CT molecular complexity index is 937. The van der Waals surface area contributed by atoms with Gasteiger partial charge in [0.05, 0.1) is 6.54 Å². The minimum absolute atomic E-state index is 0. The quantitative estimate of drug-likeness (QED) is 0.264. The molecule has 5 nitrogen and oxygen atoms in total. The molecule has 0 atom stereocenters.